The maximum absolute atomic E-state index is 13.6. The Balaban J connectivity index is 1.60. The van der Waals surface area contributed by atoms with E-state index in [-0.39, 0.29) is 34.3 Å². The van der Waals surface area contributed by atoms with Crippen LogP contribution in [0.25, 0.3) is 11.3 Å². The van der Waals surface area contributed by atoms with Crippen molar-refractivity contribution in [2.45, 2.75) is 85.0 Å². The second-order valence-electron chi connectivity index (χ2n) is 13.1. The zero-order valence-corrected chi connectivity index (χ0v) is 27.9. The van der Waals surface area contributed by atoms with Gasteiger partial charge in [-0.3, -0.25) is 4.90 Å². The lowest BCUT2D eigenvalue weighted by molar-refractivity contribution is 0.0834. The van der Waals surface area contributed by atoms with Crippen molar-refractivity contribution in [1.82, 2.24) is 24.8 Å². The second-order valence-corrected chi connectivity index (χ2v) is 14.8. The third-order valence-corrected chi connectivity index (χ3v) is 8.77. The first kappa shape index (κ1) is 32.3. The van der Waals surface area contributed by atoms with Crippen LogP contribution >= 0.6 is 0 Å². The number of aryl methyl sites for hydroxylation is 2. The quantitative estimate of drug-likeness (QED) is 0.260. The minimum absolute atomic E-state index is 0.0162. The van der Waals surface area contributed by atoms with Crippen molar-refractivity contribution in [3.63, 3.8) is 0 Å². The first-order valence-corrected chi connectivity index (χ1v) is 16.7. The van der Waals surface area contributed by atoms with Crippen molar-refractivity contribution in [3.05, 3.63) is 83.4 Å². The van der Waals surface area contributed by atoms with E-state index in [0.717, 1.165) is 28.7 Å². The summed E-state index contributed by atoms with van der Waals surface area (Å²) in [7, 11) is -4.00. The van der Waals surface area contributed by atoms with Crippen molar-refractivity contribution >= 4 is 16.0 Å². The minimum Gasteiger partial charge on any atom is -0.488 e. The predicted molar refractivity (Wildman–Crippen MR) is 175 cm³/mol. The van der Waals surface area contributed by atoms with Crippen molar-refractivity contribution < 1.29 is 17.9 Å². The number of hydrogen-bond donors (Lipinski definition) is 1. The highest BCUT2D eigenvalue weighted by molar-refractivity contribution is 7.92. The van der Waals surface area contributed by atoms with Gasteiger partial charge in [-0.1, -0.05) is 51.1 Å². The van der Waals surface area contributed by atoms with E-state index in [2.05, 4.69) is 50.3 Å². The number of nitrogens with one attached hydrogen (secondary N) is 1. The topological polar surface area (TPSA) is 119 Å². The van der Waals surface area contributed by atoms with Gasteiger partial charge in [0.15, 0.2) is 5.75 Å². The van der Waals surface area contributed by atoms with Crippen LogP contribution in [0, 0.1) is 19.3 Å². The van der Waals surface area contributed by atoms with E-state index in [1.807, 2.05) is 52.0 Å². The SMILES string of the molecule is Cc1cccc(C)c1-c1cc2nc(n1)NS(=O)(=O)c1cccc(c1)CN(Cc1ncc(OC(C)C)cn1)[C@H](CC(C)(C)C)CO2. The highest BCUT2D eigenvalue weighted by Gasteiger charge is 2.28. The molecule has 0 amide bonds. The molecule has 0 unspecified atom stereocenters. The molecule has 0 spiro atoms. The Labute approximate surface area is 266 Å². The number of nitrogens with zero attached hydrogens (tertiary/aromatic N) is 5. The number of fused-ring (bicyclic) bond motifs is 4. The van der Waals surface area contributed by atoms with Gasteiger partial charge >= 0.3 is 0 Å². The molecule has 3 heterocycles. The molecular weight excluding hydrogens is 588 g/mol. The summed E-state index contributed by atoms with van der Waals surface area (Å²) in [6, 6.07) is 14.6. The maximum Gasteiger partial charge on any atom is 0.264 e. The molecule has 2 aromatic carbocycles. The van der Waals surface area contributed by atoms with Gasteiger partial charge in [-0.15, -0.1) is 0 Å². The van der Waals surface area contributed by atoms with Crippen LogP contribution in [0.5, 0.6) is 11.6 Å². The van der Waals surface area contributed by atoms with Crippen LogP contribution < -0.4 is 14.2 Å². The summed E-state index contributed by atoms with van der Waals surface area (Å²) in [5.74, 6) is 1.48. The Morgan fingerprint density at radius 2 is 1.71 bits per heavy atom. The smallest absolute Gasteiger partial charge is 0.264 e. The van der Waals surface area contributed by atoms with Crippen molar-refractivity contribution in [1.29, 1.82) is 0 Å². The molecule has 1 aliphatic heterocycles. The van der Waals surface area contributed by atoms with Gasteiger partial charge in [0.05, 0.1) is 35.6 Å². The molecule has 238 valence electrons. The van der Waals surface area contributed by atoms with Gasteiger partial charge in [0, 0.05) is 24.2 Å². The summed E-state index contributed by atoms with van der Waals surface area (Å²) >= 11 is 0. The molecule has 0 saturated carbocycles. The number of aromatic nitrogens is 4. The third kappa shape index (κ3) is 8.34. The fourth-order valence-electron chi connectivity index (χ4n) is 5.55. The molecule has 11 heteroatoms. The Morgan fingerprint density at radius 3 is 2.38 bits per heavy atom. The number of rotatable bonds is 6. The van der Waals surface area contributed by atoms with Crippen LogP contribution in [-0.4, -0.2) is 52.0 Å². The second kappa shape index (κ2) is 13.1. The minimum atomic E-state index is -4.00. The summed E-state index contributed by atoms with van der Waals surface area (Å²) in [5.41, 5.74) is 4.31. The molecule has 0 radical (unpaired) electrons. The van der Waals surface area contributed by atoms with E-state index in [9.17, 15) is 8.42 Å². The van der Waals surface area contributed by atoms with E-state index in [1.54, 1.807) is 36.7 Å². The molecule has 1 atom stereocenters. The van der Waals surface area contributed by atoms with E-state index in [0.29, 0.717) is 37.0 Å². The van der Waals surface area contributed by atoms with Crippen LogP contribution in [0.4, 0.5) is 5.95 Å². The number of benzene rings is 2. The van der Waals surface area contributed by atoms with Crippen molar-refractivity contribution in [2.75, 3.05) is 11.3 Å². The van der Waals surface area contributed by atoms with Crippen LogP contribution in [0.3, 0.4) is 0 Å². The molecule has 4 aromatic rings. The lowest BCUT2D eigenvalue weighted by Crippen LogP contribution is -2.41. The lowest BCUT2D eigenvalue weighted by atomic mass is 9.87. The summed E-state index contributed by atoms with van der Waals surface area (Å²) < 4.78 is 42.0. The van der Waals surface area contributed by atoms with Gasteiger partial charge in [-0.05, 0) is 68.4 Å². The van der Waals surface area contributed by atoms with Crippen molar-refractivity contribution in [2.24, 2.45) is 5.41 Å². The molecule has 0 aliphatic carbocycles. The zero-order chi connectivity index (χ0) is 32.4. The monoisotopic (exact) mass is 630 g/mol. The summed E-state index contributed by atoms with van der Waals surface area (Å²) in [4.78, 5) is 20.7. The number of anilines is 1. The van der Waals surface area contributed by atoms with Gasteiger partial charge < -0.3 is 9.47 Å². The summed E-state index contributed by atoms with van der Waals surface area (Å²) in [6.45, 7) is 15.7. The number of sulfonamides is 1. The molecular formula is C34H42N6O4S. The maximum atomic E-state index is 13.6. The largest absolute Gasteiger partial charge is 0.488 e. The predicted octanol–water partition coefficient (Wildman–Crippen LogP) is 6.34. The highest BCUT2D eigenvalue weighted by Crippen LogP contribution is 2.31. The first-order valence-electron chi connectivity index (χ1n) is 15.2. The van der Waals surface area contributed by atoms with Gasteiger partial charge in [0.25, 0.3) is 10.0 Å². The van der Waals surface area contributed by atoms with Crippen molar-refractivity contribution in [3.8, 4) is 22.9 Å². The summed E-state index contributed by atoms with van der Waals surface area (Å²) in [5, 5.41) is 0. The molecule has 0 fully saturated rings. The molecule has 1 aliphatic rings. The average molecular weight is 631 g/mol. The van der Waals surface area contributed by atoms with Gasteiger partial charge in [0.2, 0.25) is 11.8 Å². The van der Waals surface area contributed by atoms with Crippen LogP contribution in [0.1, 0.15) is 63.6 Å². The third-order valence-electron chi connectivity index (χ3n) is 7.45. The average Bonchev–Trinajstić information content (AvgIpc) is 2.95. The van der Waals surface area contributed by atoms with Crippen LogP contribution in [-0.2, 0) is 23.1 Å². The molecule has 10 nitrogen and oxygen atoms in total. The standard InChI is InChI=1S/C34H42N6O4S/c1-22(2)44-27-17-35-30(36-18-27)20-40-19-25-12-9-13-28(14-25)45(41,42)39-33-37-29(32-23(3)10-8-11-24(32)4)15-31(38-33)43-21-26(40)16-34(5,6)7/h8-15,17-18,22,26H,16,19-21H2,1-7H3,(H,37,38,39)/t26-/m1/s1. The van der Waals surface area contributed by atoms with Gasteiger partial charge in [0.1, 0.15) is 12.4 Å². The first-order chi connectivity index (χ1) is 21.3. The Bertz CT molecular complexity index is 1730. The molecule has 2 aromatic heterocycles. The van der Waals surface area contributed by atoms with E-state index < -0.39 is 10.0 Å². The lowest BCUT2D eigenvalue weighted by Gasteiger charge is -2.35. The van der Waals surface area contributed by atoms with Gasteiger partial charge in [-0.2, -0.15) is 4.98 Å². The Morgan fingerprint density at radius 1 is 1.02 bits per heavy atom. The molecule has 4 bridgehead atoms. The number of ether oxygens (including phenoxy) is 2. The van der Waals surface area contributed by atoms with Gasteiger partial charge in [-0.25, -0.2) is 28.1 Å². The Kier molecular flexibility index (Phi) is 9.41. The highest BCUT2D eigenvalue weighted by atomic mass is 32.2. The normalized spacial score (nSPS) is 16.9. The molecule has 0 saturated heterocycles. The summed E-state index contributed by atoms with van der Waals surface area (Å²) in [6.07, 6.45) is 4.19. The fraction of sp³-hybridized carbons (Fsp3) is 0.412. The molecule has 5 rings (SSSR count). The number of hydrogen-bond acceptors (Lipinski definition) is 9. The molecule has 1 N–H and O–H groups in total. The van der Waals surface area contributed by atoms with E-state index >= 15 is 0 Å². The molecule has 45 heavy (non-hydrogen) atoms. The van der Waals surface area contributed by atoms with E-state index in [4.69, 9.17) is 9.47 Å². The van der Waals surface area contributed by atoms with Crippen LogP contribution in [0.2, 0.25) is 0 Å². The van der Waals surface area contributed by atoms with E-state index in [1.165, 1.54) is 0 Å². The zero-order valence-electron chi connectivity index (χ0n) is 27.0. The Hall–Kier alpha value is -4.09. The fourth-order valence-corrected chi connectivity index (χ4v) is 6.56. The van der Waals surface area contributed by atoms with Crippen LogP contribution in [0.15, 0.2) is 65.8 Å².